The summed E-state index contributed by atoms with van der Waals surface area (Å²) >= 11 is 0. The van der Waals surface area contributed by atoms with E-state index in [0.717, 1.165) is 12.0 Å². The number of anilines is 1. The molecule has 1 aromatic heterocycles. The first kappa shape index (κ1) is 17.6. The first-order valence-corrected chi connectivity index (χ1v) is 8.42. The maximum absolute atomic E-state index is 12.3. The molecule has 0 radical (unpaired) electrons. The number of para-hydroxylation sites is 1. The van der Waals surface area contributed by atoms with Gasteiger partial charge in [-0.05, 0) is 42.7 Å². The second-order valence-corrected chi connectivity index (χ2v) is 5.94. The highest BCUT2D eigenvalue weighted by Gasteiger charge is 2.35. The lowest BCUT2D eigenvalue weighted by Gasteiger charge is -2.20. The van der Waals surface area contributed by atoms with Crippen molar-refractivity contribution in [2.24, 2.45) is 10.8 Å². The number of carbonyl (C=O) groups is 2. The Balaban J connectivity index is 1.57. The van der Waals surface area contributed by atoms with Crippen molar-refractivity contribution in [1.29, 1.82) is 0 Å². The predicted molar refractivity (Wildman–Crippen MR) is 97.5 cm³/mol. The average molecular weight is 352 g/mol. The van der Waals surface area contributed by atoms with Gasteiger partial charge in [-0.1, -0.05) is 18.2 Å². The van der Waals surface area contributed by atoms with Crippen LogP contribution in [0.1, 0.15) is 18.4 Å². The van der Waals surface area contributed by atoms with Gasteiger partial charge in [0.25, 0.3) is 0 Å². The van der Waals surface area contributed by atoms with Crippen molar-refractivity contribution < 1.29 is 14.3 Å². The van der Waals surface area contributed by atoms with Crippen molar-refractivity contribution in [3.05, 3.63) is 60.4 Å². The fourth-order valence-corrected chi connectivity index (χ4v) is 2.75. The molecule has 1 amide bonds. The third kappa shape index (κ3) is 4.24. The molecule has 1 atom stereocenters. The number of esters is 1. The molecule has 0 saturated carbocycles. The molecule has 0 fully saturated rings. The van der Waals surface area contributed by atoms with Crippen LogP contribution < -0.4 is 10.7 Å². The number of ether oxygens (including phenoxy) is 1. The molecule has 0 bridgehead atoms. The highest BCUT2D eigenvalue weighted by atomic mass is 16.5. The minimum absolute atomic E-state index is 0.146. The van der Waals surface area contributed by atoms with E-state index in [1.807, 2.05) is 42.5 Å². The van der Waals surface area contributed by atoms with Gasteiger partial charge in [0, 0.05) is 18.8 Å². The molecule has 1 aliphatic heterocycles. The van der Waals surface area contributed by atoms with E-state index in [-0.39, 0.29) is 18.7 Å². The van der Waals surface area contributed by atoms with E-state index in [1.54, 1.807) is 12.4 Å². The number of nitrogens with zero attached hydrogens (tertiary/aromatic N) is 3. The molecule has 1 aromatic carbocycles. The number of benzene rings is 1. The molecule has 7 nitrogen and oxygen atoms in total. The summed E-state index contributed by atoms with van der Waals surface area (Å²) < 4.78 is 5.30. The standard InChI is InChI=1S/C19H20N4O3/c20-18(24)17-13-16(22-23(17)15-6-2-1-3-7-15)19(25)26-12-4-5-14-8-10-21-11-9-14/h1-3,6-11,17H,4-5,12-13H2,(H2,20,24). The summed E-state index contributed by atoms with van der Waals surface area (Å²) in [6, 6.07) is 12.3. The van der Waals surface area contributed by atoms with E-state index < -0.39 is 17.9 Å². The third-order valence-corrected chi connectivity index (χ3v) is 4.09. The average Bonchev–Trinajstić information content (AvgIpc) is 3.12. The van der Waals surface area contributed by atoms with E-state index in [9.17, 15) is 9.59 Å². The Morgan fingerprint density at radius 1 is 1.15 bits per heavy atom. The number of rotatable bonds is 7. The van der Waals surface area contributed by atoms with Crippen molar-refractivity contribution in [1.82, 2.24) is 4.98 Å². The summed E-state index contributed by atoms with van der Waals surface area (Å²) in [6.07, 6.45) is 5.11. The molecule has 26 heavy (non-hydrogen) atoms. The molecule has 0 aliphatic carbocycles. The van der Waals surface area contributed by atoms with Crippen molar-refractivity contribution in [3.8, 4) is 0 Å². The normalized spacial score (nSPS) is 16.2. The summed E-state index contributed by atoms with van der Waals surface area (Å²) in [5.74, 6) is -1.04. The summed E-state index contributed by atoms with van der Waals surface area (Å²) in [5.41, 5.74) is 7.52. The molecule has 2 heterocycles. The van der Waals surface area contributed by atoms with Gasteiger partial charge in [0.2, 0.25) is 5.91 Å². The van der Waals surface area contributed by atoms with Gasteiger partial charge in [0.1, 0.15) is 11.8 Å². The van der Waals surface area contributed by atoms with Gasteiger partial charge >= 0.3 is 5.97 Å². The van der Waals surface area contributed by atoms with Crippen molar-refractivity contribution >= 4 is 23.3 Å². The quantitative estimate of drug-likeness (QED) is 0.604. The molecule has 134 valence electrons. The topological polar surface area (TPSA) is 97.9 Å². The van der Waals surface area contributed by atoms with E-state index in [2.05, 4.69) is 10.1 Å². The number of hydrogen-bond donors (Lipinski definition) is 1. The Kier molecular flexibility index (Phi) is 5.58. The largest absolute Gasteiger partial charge is 0.461 e. The Bertz CT molecular complexity index is 793. The van der Waals surface area contributed by atoms with E-state index >= 15 is 0 Å². The van der Waals surface area contributed by atoms with Crippen molar-refractivity contribution in [3.63, 3.8) is 0 Å². The minimum Gasteiger partial charge on any atom is -0.461 e. The van der Waals surface area contributed by atoms with Crippen molar-refractivity contribution in [2.45, 2.75) is 25.3 Å². The number of amides is 1. The van der Waals surface area contributed by atoms with E-state index in [1.165, 1.54) is 5.01 Å². The maximum atomic E-state index is 12.3. The molecular weight excluding hydrogens is 332 g/mol. The highest BCUT2D eigenvalue weighted by molar-refractivity contribution is 6.38. The molecule has 1 unspecified atom stereocenters. The van der Waals surface area contributed by atoms with Gasteiger partial charge in [-0.25, -0.2) is 4.79 Å². The van der Waals surface area contributed by atoms with Gasteiger partial charge in [-0.15, -0.1) is 0 Å². The SMILES string of the molecule is NC(=O)C1CC(C(=O)OCCCc2ccncc2)=NN1c1ccccc1. The van der Waals surface area contributed by atoms with E-state index in [0.29, 0.717) is 12.1 Å². The maximum Gasteiger partial charge on any atom is 0.354 e. The zero-order chi connectivity index (χ0) is 18.4. The van der Waals surface area contributed by atoms with Crippen LogP contribution in [-0.2, 0) is 20.7 Å². The molecule has 3 rings (SSSR count). The minimum atomic E-state index is -0.684. The van der Waals surface area contributed by atoms with Gasteiger partial charge in [-0.2, -0.15) is 5.10 Å². The van der Waals surface area contributed by atoms with Crippen LogP contribution in [0.25, 0.3) is 0 Å². The lowest BCUT2D eigenvalue weighted by molar-refractivity contribution is -0.135. The number of primary amides is 1. The summed E-state index contributed by atoms with van der Waals surface area (Å²) in [7, 11) is 0. The van der Waals surface area contributed by atoms with E-state index in [4.69, 9.17) is 10.5 Å². The number of carbonyl (C=O) groups excluding carboxylic acids is 2. The Labute approximate surface area is 151 Å². The predicted octanol–water partition coefficient (Wildman–Crippen LogP) is 1.68. The Hall–Kier alpha value is -3.22. The van der Waals surface area contributed by atoms with Crippen LogP contribution in [-0.4, -0.2) is 35.2 Å². The number of nitrogens with two attached hydrogens (primary N) is 1. The second kappa shape index (κ2) is 8.24. The molecule has 0 saturated heterocycles. The smallest absolute Gasteiger partial charge is 0.354 e. The second-order valence-electron chi connectivity index (χ2n) is 5.94. The molecule has 7 heteroatoms. The van der Waals surface area contributed by atoms with Crippen LogP contribution in [0.4, 0.5) is 5.69 Å². The first-order chi connectivity index (χ1) is 12.6. The van der Waals surface area contributed by atoms with Crippen LogP contribution in [0.2, 0.25) is 0 Å². The number of hydrogen-bond acceptors (Lipinski definition) is 6. The van der Waals surface area contributed by atoms with Crippen LogP contribution >= 0.6 is 0 Å². The van der Waals surface area contributed by atoms with Gasteiger partial charge in [-0.3, -0.25) is 14.8 Å². The van der Waals surface area contributed by atoms with Gasteiger partial charge in [0.15, 0.2) is 0 Å². The highest BCUT2D eigenvalue weighted by Crippen LogP contribution is 2.24. The molecular formula is C19H20N4O3. The Morgan fingerprint density at radius 3 is 2.58 bits per heavy atom. The molecule has 2 aromatic rings. The van der Waals surface area contributed by atoms with Crippen LogP contribution in [0.5, 0.6) is 0 Å². The fourth-order valence-electron chi connectivity index (χ4n) is 2.75. The third-order valence-electron chi connectivity index (χ3n) is 4.09. The zero-order valence-corrected chi connectivity index (χ0v) is 14.2. The number of pyridine rings is 1. The van der Waals surface area contributed by atoms with Crippen LogP contribution in [0, 0.1) is 0 Å². The summed E-state index contributed by atoms with van der Waals surface area (Å²) in [4.78, 5) is 27.9. The van der Waals surface area contributed by atoms with Gasteiger partial charge in [0.05, 0.1) is 12.3 Å². The molecule has 1 aliphatic rings. The first-order valence-electron chi connectivity index (χ1n) is 8.42. The lowest BCUT2D eigenvalue weighted by atomic mass is 10.1. The summed E-state index contributed by atoms with van der Waals surface area (Å²) in [5, 5.41) is 5.75. The lowest BCUT2D eigenvalue weighted by Crippen LogP contribution is -2.39. The number of hydrazone groups is 1. The Morgan fingerprint density at radius 2 is 1.88 bits per heavy atom. The zero-order valence-electron chi connectivity index (χ0n) is 14.2. The van der Waals surface area contributed by atoms with Crippen LogP contribution in [0.15, 0.2) is 60.0 Å². The van der Waals surface area contributed by atoms with Crippen LogP contribution in [0.3, 0.4) is 0 Å². The fraction of sp³-hybridized carbons (Fsp3) is 0.263. The molecule has 0 spiro atoms. The monoisotopic (exact) mass is 352 g/mol. The molecule has 2 N–H and O–H groups in total. The number of aromatic nitrogens is 1. The van der Waals surface area contributed by atoms with Crippen molar-refractivity contribution in [2.75, 3.05) is 11.6 Å². The summed E-state index contributed by atoms with van der Waals surface area (Å²) in [6.45, 7) is 0.284. The number of aryl methyl sites for hydroxylation is 1. The van der Waals surface area contributed by atoms with Gasteiger partial charge < -0.3 is 10.5 Å².